The summed E-state index contributed by atoms with van der Waals surface area (Å²) >= 11 is 3.28. The molecule has 3 N–H and O–H groups in total. The largest absolute Gasteiger partial charge is 0.324 e. The Labute approximate surface area is 116 Å². The van der Waals surface area contributed by atoms with E-state index in [1.165, 1.54) is 6.07 Å². The van der Waals surface area contributed by atoms with Crippen molar-refractivity contribution in [1.82, 2.24) is 5.32 Å². The number of halogens is 3. The fourth-order valence-corrected chi connectivity index (χ4v) is 2.76. The van der Waals surface area contributed by atoms with Crippen LogP contribution in [0.1, 0.15) is 24.4 Å². The van der Waals surface area contributed by atoms with Crippen LogP contribution < -0.4 is 11.1 Å². The van der Waals surface area contributed by atoms with E-state index in [9.17, 15) is 4.39 Å². The fourth-order valence-electron chi connectivity index (χ4n) is 2.24. The Bertz CT molecular complexity index is 370. The molecule has 0 bridgehead atoms. The molecule has 1 aliphatic rings. The van der Waals surface area contributed by atoms with Crippen molar-refractivity contribution in [2.75, 3.05) is 13.1 Å². The molecule has 17 heavy (non-hydrogen) atoms. The summed E-state index contributed by atoms with van der Waals surface area (Å²) in [5.74, 6) is 0.209. The van der Waals surface area contributed by atoms with Gasteiger partial charge in [0.15, 0.2) is 0 Å². The molecule has 0 amide bonds. The lowest BCUT2D eigenvalue weighted by atomic mass is 9.86. The van der Waals surface area contributed by atoms with E-state index >= 15 is 0 Å². The lowest BCUT2D eigenvalue weighted by molar-refractivity contribution is 0.321. The van der Waals surface area contributed by atoms with E-state index in [4.69, 9.17) is 5.73 Å². The van der Waals surface area contributed by atoms with Gasteiger partial charge in [-0.15, -0.1) is 12.4 Å². The van der Waals surface area contributed by atoms with Crippen LogP contribution in [-0.4, -0.2) is 13.1 Å². The average molecular weight is 324 g/mol. The third kappa shape index (κ3) is 3.41. The SMILES string of the molecule is Cl.N[C@@H](c1cccc(F)c1Br)C1CCNCC1. The minimum absolute atomic E-state index is 0. The van der Waals surface area contributed by atoms with Crippen LogP contribution >= 0.6 is 28.3 Å². The van der Waals surface area contributed by atoms with Crippen molar-refractivity contribution in [3.63, 3.8) is 0 Å². The summed E-state index contributed by atoms with van der Waals surface area (Å²) < 4.78 is 13.9. The molecule has 96 valence electrons. The van der Waals surface area contributed by atoms with Crippen LogP contribution in [-0.2, 0) is 0 Å². The Morgan fingerprint density at radius 2 is 2.00 bits per heavy atom. The van der Waals surface area contributed by atoms with Crippen LogP contribution in [0.25, 0.3) is 0 Å². The molecular weight excluding hydrogens is 307 g/mol. The maximum atomic E-state index is 13.4. The zero-order valence-corrected chi connectivity index (χ0v) is 11.9. The highest BCUT2D eigenvalue weighted by Crippen LogP contribution is 2.32. The van der Waals surface area contributed by atoms with Crippen molar-refractivity contribution >= 4 is 28.3 Å². The molecular formula is C12H17BrClFN2. The standard InChI is InChI=1S/C12H16BrFN2.ClH/c13-11-9(2-1-3-10(11)14)12(15)8-4-6-16-7-5-8;/h1-3,8,12,16H,4-7,15H2;1H/t12-;/m1./s1. The highest BCUT2D eigenvalue weighted by molar-refractivity contribution is 9.10. The van der Waals surface area contributed by atoms with Crippen molar-refractivity contribution in [2.24, 2.45) is 11.7 Å². The summed E-state index contributed by atoms with van der Waals surface area (Å²) in [7, 11) is 0. The van der Waals surface area contributed by atoms with Crippen LogP contribution in [0, 0.1) is 11.7 Å². The van der Waals surface area contributed by atoms with Crippen molar-refractivity contribution in [2.45, 2.75) is 18.9 Å². The van der Waals surface area contributed by atoms with Gasteiger partial charge in [0.2, 0.25) is 0 Å². The first kappa shape index (κ1) is 14.9. The monoisotopic (exact) mass is 322 g/mol. The first-order valence-electron chi connectivity index (χ1n) is 5.60. The van der Waals surface area contributed by atoms with Gasteiger partial charge in [0.1, 0.15) is 5.82 Å². The van der Waals surface area contributed by atoms with Gasteiger partial charge in [-0.1, -0.05) is 12.1 Å². The molecule has 0 radical (unpaired) electrons. The van der Waals surface area contributed by atoms with Gasteiger partial charge in [0, 0.05) is 6.04 Å². The molecule has 0 aromatic heterocycles. The summed E-state index contributed by atoms with van der Waals surface area (Å²) in [6.07, 6.45) is 2.12. The number of rotatable bonds is 2. The summed E-state index contributed by atoms with van der Waals surface area (Å²) in [5, 5.41) is 3.31. The van der Waals surface area contributed by atoms with Gasteiger partial charge in [0.05, 0.1) is 4.47 Å². The van der Waals surface area contributed by atoms with E-state index in [0.29, 0.717) is 10.4 Å². The van der Waals surface area contributed by atoms with Crippen LogP contribution in [0.3, 0.4) is 0 Å². The van der Waals surface area contributed by atoms with Gasteiger partial charge in [-0.05, 0) is 59.4 Å². The third-order valence-corrected chi connectivity index (χ3v) is 4.07. The zero-order valence-electron chi connectivity index (χ0n) is 9.46. The second kappa shape index (κ2) is 6.69. The Hall–Kier alpha value is -0.160. The van der Waals surface area contributed by atoms with Gasteiger partial charge in [0.25, 0.3) is 0 Å². The molecule has 1 saturated heterocycles. The van der Waals surface area contributed by atoms with E-state index in [0.717, 1.165) is 31.5 Å². The number of hydrogen-bond acceptors (Lipinski definition) is 2. The number of hydrogen-bond donors (Lipinski definition) is 2. The Morgan fingerprint density at radius 1 is 1.35 bits per heavy atom. The summed E-state index contributed by atoms with van der Waals surface area (Å²) in [6.45, 7) is 2.01. The first-order valence-corrected chi connectivity index (χ1v) is 6.39. The van der Waals surface area contributed by atoms with Crippen LogP contribution in [0.5, 0.6) is 0 Å². The predicted octanol–water partition coefficient (Wildman–Crippen LogP) is 3.01. The van der Waals surface area contributed by atoms with E-state index in [2.05, 4.69) is 21.2 Å². The molecule has 5 heteroatoms. The summed E-state index contributed by atoms with van der Waals surface area (Å²) in [5.41, 5.74) is 7.10. The van der Waals surface area contributed by atoms with Crippen molar-refractivity contribution < 1.29 is 4.39 Å². The molecule has 2 rings (SSSR count). The van der Waals surface area contributed by atoms with Crippen LogP contribution in [0.2, 0.25) is 0 Å². The smallest absolute Gasteiger partial charge is 0.137 e. The highest BCUT2D eigenvalue weighted by atomic mass is 79.9. The maximum Gasteiger partial charge on any atom is 0.137 e. The van der Waals surface area contributed by atoms with E-state index < -0.39 is 0 Å². The van der Waals surface area contributed by atoms with E-state index in [-0.39, 0.29) is 24.3 Å². The molecule has 1 atom stereocenters. The molecule has 1 aromatic rings. The molecule has 1 heterocycles. The molecule has 1 aromatic carbocycles. The molecule has 0 aliphatic carbocycles. The van der Waals surface area contributed by atoms with Gasteiger partial charge in [-0.2, -0.15) is 0 Å². The molecule has 0 saturated carbocycles. The second-order valence-electron chi connectivity index (χ2n) is 4.26. The molecule has 2 nitrogen and oxygen atoms in total. The quantitative estimate of drug-likeness (QED) is 0.878. The predicted molar refractivity (Wildman–Crippen MR) is 73.9 cm³/mol. The van der Waals surface area contributed by atoms with E-state index in [1.807, 2.05) is 6.07 Å². The van der Waals surface area contributed by atoms with Crippen molar-refractivity contribution in [1.29, 1.82) is 0 Å². The second-order valence-corrected chi connectivity index (χ2v) is 5.05. The van der Waals surface area contributed by atoms with Crippen molar-refractivity contribution in [3.8, 4) is 0 Å². The molecule has 1 fully saturated rings. The summed E-state index contributed by atoms with van der Waals surface area (Å²) in [6, 6.07) is 4.99. The number of piperidine rings is 1. The van der Waals surface area contributed by atoms with Crippen molar-refractivity contribution in [3.05, 3.63) is 34.1 Å². The number of benzene rings is 1. The topological polar surface area (TPSA) is 38.0 Å². The Kier molecular flexibility index (Phi) is 5.86. The van der Waals surface area contributed by atoms with Gasteiger partial charge < -0.3 is 11.1 Å². The minimum Gasteiger partial charge on any atom is -0.324 e. The van der Waals surface area contributed by atoms with Gasteiger partial charge in [-0.25, -0.2) is 4.39 Å². The van der Waals surface area contributed by atoms with E-state index in [1.54, 1.807) is 6.07 Å². The van der Waals surface area contributed by atoms with Gasteiger partial charge in [-0.3, -0.25) is 0 Å². The molecule has 0 unspecified atom stereocenters. The minimum atomic E-state index is -0.234. The van der Waals surface area contributed by atoms with Gasteiger partial charge >= 0.3 is 0 Å². The highest BCUT2D eigenvalue weighted by Gasteiger charge is 2.23. The third-order valence-electron chi connectivity index (χ3n) is 3.23. The lowest BCUT2D eigenvalue weighted by Crippen LogP contribution is -2.34. The first-order chi connectivity index (χ1) is 7.70. The average Bonchev–Trinajstić information content (AvgIpc) is 2.33. The Morgan fingerprint density at radius 3 is 2.65 bits per heavy atom. The van der Waals surface area contributed by atoms with Crippen LogP contribution in [0.4, 0.5) is 4.39 Å². The number of nitrogens with one attached hydrogen (secondary N) is 1. The normalized spacial score (nSPS) is 18.5. The Balaban J connectivity index is 0.00000144. The summed E-state index contributed by atoms with van der Waals surface area (Å²) in [4.78, 5) is 0. The number of nitrogens with two attached hydrogens (primary N) is 1. The van der Waals surface area contributed by atoms with Crippen LogP contribution in [0.15, 0.2) is 22.7 Å². The molecule has 0 spiro atoms. The lowest BCUT2D eigenvalue weighted by Gasteiger charge is -2.29. The zero-order chi connectivity index (χ0) is 11.5. The fraction of sp³-hybridized carbons (Fsp3) is 0.500. The maximum absolute atomic E-state index is 13.4. The molecule has 1 aliphatic heterocycles.